The second-order valence-electron chi connectivity index (χ2n) is 3.70. The molecule has 5 heteroatoms. The van der Waals surface area contributed by atoms with Gasteiger partial charge in [-0.25, -0.2) is 4.39 Å². The highest BCUT2D eigenvalue weighted by molar-refractivity contribution is 9.10. The lowest BCUT2D eigenvalue weighted by molar-refractivity contribution is 0.415. The van der Waals surface area contributed by atoms with Gasteiger partial charge in [-0.3, -0.25) is 0 Å². The fourth-order valence-electron chi connectivity index (χ4n) is 1.52. The number of ether oxygens (including phenoxy) is 1. The molecule has 18 heavy (non-hydrogen) atoms. The minimum atomic E-state index is -0.312. The van der Waals surface area contributed by atoms with Gasteiger partial charge in [-0.2, -0.15) is 0 Å². The Morgan fingerprint density at radius 1 is 1.17 bits per heavy atom. The van der Waals surface area contributed by atoms with E-state index in [1.165, 1.54) is 12.1 Å². The van der Waals surface area contributed by atoms with Crippen LogP contribution in [0.5, 0.6) is 5.75 Å². The average Bonchev–Trinajstić information content (AvgIpc) is 2.36. The van der Waals surface area contributed by atoms with Crippen LogP contribution in [0.15, 0.2) is 40.9 Å². The number of hydrogen-bond donors (Lipinski definition) is 2. The number of methoxy groups -OCH3 is 1. The van der Waals surface area contributed by atoms with Crippen LogP contribution >= 0.6 is 15.9 Å². The molecule has 94 valence electrons. The summed E-state index contributed by atoms with van der Waals surface area (Å²) in [6, 6.07) is 9.69. The van der Waals surface area contributed by atoms with Crippen LogP contribution in [0.2, 0.25) is 0 Å². The Morgan fingerprint density at radius 2 is 1.94 bits per heavy atom. The number of benzene rings is 2. The molecule has 3 nitrogen and oxygen atoms in total. The smallest absolute Gasteiger partial charge is 0.125 e. The van der Waals surface area contributed by atoms with E-state index in [0.717, 1.165) is 4.47 Å². The summed E-state index contributed by atoms with van der Waals surface area (Å²) in [5.41, 5.74) is 7.73. The second-order valence-corrected chi connectivity index (χ2v) is 4.56. The highest BCUT2D eigenvalue weighted by Crippen LogP contribution is 2.31. The van der Waals surface area contributed by atoms with Crippen molar-refractivity contribution >= 4 is 33.0 Å². The first kappa shape index (κ1) is 12.7. The van der Waals surface area contributed by atoms with E-state index in [1.54, 1.807) is 31.4 Å². The van der Waals surface area contributed by atoms with Crippen LogP contribution in [0.25, 0.3) is 0 Å². The van der Waals surface area contributed by atoms with E-state index in [1.807, 2.05) is 0 Å². The lowest BCUT2D eigenvalue weighted by Crippen LogP contribution is -1.98. The first-order valence-electron chi connectivity index (χ1n) is 5.26. The Kier molecular flexibility index (Phi) is 3.72. The number of hydrogen-bond acceptors (Lipinski definition) is 3. The van der Waals surface area contributed by atoms with E-state index < -0.39 is 0 Å². The molecule has 0 aliphatic rings. The van der Waals surface area contributed by atoms with Crippen molar-refractivity contribution in [2.75, 3.05) is 18.2 Å². The van der Waals surface area contributed by atoms with E-state index in [9.17, 15) is 4.39 Å². The molecular weight excluding hydrogens is 299 g/mol. The first-order chi connectivity index (χ1) is 8.60. The van der Waals surface area contributed by atoms with E-state index in [2.05, 4.69) is 21.2 Å². The molecule has 0 aliphatic carbocycles. The largest absolute Gasteiger partial charge is 0.497 e. The highest BCUT2D eigenvalue weighted by atomic mass is 79.9. The van der Waals surface area contributed by atoms with Crippen molar-refractivity contribution in [2.45, 2.75) is 0 Å². The summed E-state index contributed by atoms with van der Waals surface area (Å²) in [4.78, 5) is 0. The quantitative estimate of drug-likeness (QED) is 0.845. The zero-order chi connectivity index (χ0) is 13.1. The minimum absolute atomic E-state index is 0.312. The lowest BCUT2D eigenvalue weighted by Gasteiger charge is -2.12. The third-order valence-electron chi connectivity index (χ3n) is 2.46. The molecule has 0 bridgehead atoms. The molecule has 0 radical (unpaired) electrons. The van der Waals surface area contributed by atoms with E-state index in [-0.39, 0.29) is 5.82 Å². The molecule has 0 fully saturated rings. The molecule has 0 atom stereocenters. The van der Waals surface area contributed by atoms with Gasteiger partial charge in [-0.05, 0) is 46.3 Å². The number of nitrogens with one attached hydrogen (secondary N) is 1. The van der Waals surface area contributed by atoms with Gasteiger partial charge in [0.1, 0.15) is 11.6 Å². The molecule has 2 aromatic carbocycles. The number of nitrogen functional groups attached to an aromatic ring is 1. The summed E-state index contributed by atoms with van der Waals surface area (Å²) in [6.07, 6.45) is 0. The van der Waals surface area contributed by atoms with E-state index >= 15 is 0 Å². The van der Waals surface area contributed by atoms with E-state index in [0.29, 0.717) is 22.8 Å². The van der Waals surface area contributed by atoms with Crippen LogP contribution < -0.4 is 15.8 Å². The van der Waals surface area contributed by atoms with Crippen molar-refractivity contribution < 1.29 is 9.13 Å². The monoisotopic (exact) mass is 310 g/mol. The third-order valence-corrected chi connectivity index (χ3v) is 3.15. The fourth-order valence-corrected chi connectivity index (χ4v) is 1.87. The molecule has 0 amide bonds. The summed E-state index contributed by atoms with van der Waals surface area (Å²) in [6.45, 7) is 0. The van der Waals surface area contributed by atoms with Crippen molar-refractivity contribution in [3.63, 3.8) is 0 Å². The Morgan fingerprint density at radius 3 is 2.61 bits per heavy atom. The van der Waals surface area contributed by atoms with Gasteiger partial charge in [-0.1, -0.05) is 0 Å². The van der Waals surface area contributed by atoms with Gasteiger partial charge >= 0.3 is 0 Å². The Bertz CT molecular complexity index is 575. The van der Waals surface area contributed by atoms with Gasteiger partial charge in [0.15, 0.2) is 0 Å². The third kappa shape index (κ3) is 2.73. The summed E-state index contributed by atoms with van der Waals surface area (Å²) < 4.78 is 19.0. The number of halogens is 2. The van der Waals surface area contributed by atoms with Crippen molar-refractivity contribution in [3.8, 4) is 5.75 Å². The standard InChI is InChI=1S/C13H12BrFN2O/c1-18-9-3-5-12(11(16)7-9)17-13-6-8(15)2-4-10(13)14/h2-7,17H,16H2,1H3. The maximum atomic E-state index is 13.2. The van der Waals surface area contributed by atoms with Crippen molar-refractivity contribution in [3.05, 3.63) is 46.7 Å². The van der Waals surface area contributed by atoms with Crippen LogP contribution in [0.1, 0.15) is 0 Å². The Balaban J connectivity index is 2.31. The van der Waals surface area contributed by atoms with Gasteiger partial charge in [0.2, 0.25) is 0 Å². The van der Waals surface area contributed by atoms with Gasteiger partial charge in [-0.15, -0.1) is 0 Å². The maximum Gasteiger partial charge on any atom is 0.125 e. The molecule has 0 aromatic heterocycles. The first-order valence-corrected chi connectivity index (χ1v) is 6.05. The van der Waals surface area contributed by atoms with Crippen LogP contribution in [0.3, 0.4) is 0 Å². The van der Waals surface area contributed by atoms with Gasteiger partial charge in [0.05, 0.1) is 24.2 Å². The average molecular weight is 311 g/mol. The van der Waals surface area contributed by atoms with Crippen molar-refractivity contribution in [1.29, 1.82) is 0 Å². The van der Waals surface area contributed by atoms with Gasteiger partial charge in [0.25, 0.3) is 0 Å². The molecule has 2 rings (SSSR count). The molecule has 0 aliphatic heterocycles. The zero-order valence-electron chi connectivity index (χ0n) is 9.71. The summed E-state index contributed by atoms with van der Waals surface area (Å²) in [5, 5.41) is 3.07. The number of rotatable bonds is 3. The van der Waals surface area contributed by atoms with Crippen LogP contribution in [0.4, 0.5) is 21.5 Å². The molecular formula is C13H12BrFN2O. The zero-order valence-corrected chi connectivity index (χ0v) is 11.3. The van der Waals surface area contributed by atoms with Gasteiger partial charge in [0, 0.05) is 10.5 Å². The van der Waals surface area contributed by atoms with Crippen LogP contribution in [0, 0.1) is 5.82 Å². The molecule has 0 saturated carbocycles. The van der Waals surface area contributed by atoms with Gasteiger partial charge < -0.3 is 15.8 Å². The summed E-state index contributed by atoms with van der Waals surface area (Å²) in [5.74, 6) is 0.365. The van der Waals surface area contributed by atoms with Crippen molar-refractivity contribution in [2.24, 2.45) is 0 Å². The lowest BCUT2D eigenvalue weighted by atomic mass is 10.2. The molecule has 3 N–H and O–H groups in total. The fraction of sp³-hybridized carbons (Fsp3) is 0.0769. The number of nitrogens with two attached hydrogens (primary N) is 1. The Labute approximate surface area is 113 Å². The highest BCUT2D eigenvalue weighted by Gasteiger charge is 2.05. The number of anilines is 3. The molecule has 0 saturated heterocycles. The van der Waals surface area contributed by atoms with Crippen molar-refractivity contribution in [1.82, 2.24) is 0 Å². The second kappa shape index (κ2) is 5.27. The van der Waals surface area contributed by atoms with Crippen LogP contribution in [-0.2, 0) is 0 Å². The van der Waals surface area contributed by atoms with Crippen LogP contribution in [-0.4, -0.2) is 7.11 Å². The molecule has 0 heterocycles. The summed E-state index contributed by atoms with van der Waals surface area (Å²) >= 11 is 3.35. The summed E-state index contributed by atoms with van der Waals surface area (Å²) in [7, 11) is 1.57. The normalized spacial score (nSPS) is 10.2. The molecule has 0 unspecified atom stereocenters. The topological polar surface area (TPSA) is 47.3 Å². The predicted molar refractivity (Wildman–Crippen MR) is 74.8 cm³/mol. The Hall–Kier alpha value is -1.75. The SMILES string of the molecule is COc1ccc(Nc2cc(F)ccc2Br)c(N)c1. The molecule has 2 aromatic rings. The predicted octanol–water partition coefficient (Wildman–Crippen LogP) is 3.92. The van der Waals surface area contributed by atoms with E-state index in [4.69, 9.17) is 10.5 Å². The minimum Gasteiger partial charge on any atom is -0.497 e. The maximum absolute atomic E-state index is 13.2. The molecule has 0 spiro atoms.